The molecule has 0 aliphatic rings. The number of nitrogens with one attached hydrogen (secondary N) is 1. The number of rotatable bonds is 10. The number of carbonyl (C=O) groups excluding carboxylic acids is 1. The van der Waals surface area contributed by atoms with E-state index in [1.165, 1.54) is 12.2 Å². The van der Waals surface area contributed by atoms with Crippen LogP contribution in [0.4, 0.5) is 61.9 Å². The largest absolute Gasteiger partial charge is 0.474 e. The fraction of sp³-hybridized carbons (Fsp3) is 0.917. The average Bonchev–Trinajstić information content (AvgIpc) is 2.53. The number of hydrogen-bond acceptors (Lipinski definition) is 2. The quantitative estimate of drug-likeness (QED) is 0.366. The van der Waals surface area contributed by atoms with Crippen molar-refractivity contribution in [2.75, 3.05) is 13.2 Å². The Morgan fingerprint density at radius 1 is 0.786 bits per heavy atom. The molecule has 0 saturated heterocycles. The number of hydrogen-bond donors (Lipinski definition) is 1. The van der Waals surface area contributed by atoms with E-state index in [9.17, 15) is 61.9 Å². The Morgan fingerprint density at radius 3 is 1.61 bits per heavy atom. The summed E-state index contributed by atoms with van der Waals surface area (Å²) in [6.45, 7) is -2.71. The fourth-order valence-electron chi connectivity index (χ4n) is 1.47. The van der Waals surface area contributed by atoms with Crippen molar-refractivity contribution in [1.29, 1.82) is 0 Å². The first-order chi connectivity index (χ1) is 12.3. The molecule has 0 aromatic carbocycles. The zero-order valence-electron chi connectivity index (χ0n) is 13.6. The summed E-state index contributed by atoms with van der Waals surface area (Å²) in [5.41, 5.74) is 0. The number of unbranched alkanes of at least 4 members (excludes halogenated alkanes) is 1. The first kappa shape index (κ1) is 26.4. The monoisotopic (exact) mass is 449 g/mol. The average molecular weight is 449 g/mol. The molecule has 16 heteroatoms. The molecule has 28 heavy (non-hydrogen) atoms. The molecule has 0 aromatic heterocycles. The van der Waals surface area contributed by atoms with Crippen molar-refractivity contribution in [2.24, 2.45) is 0 Å². The minimum absolute atomic E-state index is 0.0514. The number of ether oxygens (including phenoxy) is 1. The van der Waals surface area contributed by atoms with Crippen molar-refractivity contribution in [2.45, 2.75) is 55.5 Å². The third-order valence-corrected chi connectivity index (χ3v) is 3.20. The van der Waals surface area contributed by atoms with Crippen LogP contribution in [0.5, 0.6) is 0 Å². The summed E-state index contributed by atoms with van der Waals surface area (Å²) in [7, 11) is 0. The molecule has 1 N–H and O–H groups in total. The maximum atomic E-state index is 13.3. The lowest BCUT2D eigenvalue weighted by molar-refractivity contribution is -0.450. The Balaban J connectivity index is 5.92. The van der Waals surface area contributed by atoms with Gasteiger partial charge in [0.25, 0.3) is 0 Å². The van der Waals surface area contributed by atoms with Crippen LogP contribution in [0.25, 0.3) is 0 Å². The lowest BCUT2D eigenvalue weighted by Crippen LogP contribution is -2.71. The second-order valence-electron chi connectivity index (χ2n) is 5.32. The van der Waals surface area contributed by atoms with Crippen molar-refractivity contribution < 1.29 is 66.6 Å². The van der Waals surface area contributed by atoms with Gasteiger partial charge in [-0.25, -0.2) is 9.18 Å². The number of carbonyl (C=O) groups is 1. The van der Waals surface area contributed by atoms with Gasteiger partial charge in [0.05, 0.1) is 0 Å². The molecular formula is C12H12F13NO2. The first-order valence-corrected chi connectivity index (χ1v) is 7.06. The highest BCUT2D eigenvalue weighted by Crippen LogP contribution is 2.60. The predicted molar refractivity (Wildman–Crippen MR) is 65.0 cm³/mol. The molecule has 168 valence electrons. The molecule has 0 radical (unpaired) electrons. The SMILES string of the molecule is CCCCNC(=O)OC(F)(F)C(F)(F)C(F)(F)C(F)(F)C(F)(F)C(F)(F)CF. The summed E-state index contributed by atoms with van der Waals surface area (Å²) in [5, 5.41) is 1.34. The van der Waals surface area contributed by atoms with E-state index in [0.717, 1.165) is 0 Å². The maximum Gasteiger partial charge on any atom is 0.474 e. The van der Waals surface area contributed by atoms with E-state index < -0.39 is 55.0 Å². The summed E-state index contributed by atoms with van der Waals surface area (Å²) in [6, 6.07) is 0. The Labute approximate surface area is 148 Å². The van der Waals surface area contributed by atoms with E-state index in [1.807, 2.05) is 0 Å². The van der Waals surface area contributed by atoms with Crippen LogP contribution < -0.4 is 5.32 Å². The van der Waals surface area contributed by atoms with E-state index >= 15 is 0 Å². The number of alkyl halides is 13. The molecule has 0 aliphatic carbocycles. The van der Waals surface area contributed by atoms with Crippen molar-refractivity contribution in [3.05, 3.63) is 0 Å². The lowest BCUT2D eigenvalue weighted by Gasteiger charge is -2.40. The van der Waals surface area contributed by atoms with Gasteiger partial charge in [0, 0.05) is 6.54 Å². The molecule has 0 aliphatic heterocycles. The Bertz CT molecular complexity index is 550. The summed E-state index contributed by atoms with van der Waals surface area (Å²) in [5.74, 6) is -37.6. The van der Waals surface area contributed by atoms with Gasteiger partial charge in [0.2, 0.25) is 0 Å². The Hall–Kier alpha value is -1.64. The highest BCUT2D eigenvalue weighted by atomic mass is 19.4. The molecule has 1 amide bonds. The molecule has 0 bridgehead atoms. The zero-order valence-corrected chi connectivity index (χ0v) is 13.6. The zero-order chi connectivity index (χ0) is 22.8. The van der Waals surface area contributed by atoms with E-state index in [4.69, 9.17) is 0 Å². The normalized spacial score (nSPS) is 14.8. The third kappa shape index (κ3) is 4.18. The van der Waals surface area contributed by atoms with Crippen LogP contribution >= 0.6 is 0 Å². The maximum absolute atomic E-state index is 13.3. The predicted octanol–water partition coefficient (Wildman–Crippen LogP) is 5.25. The van der Waals surface area contributed by atoms with Gasteiger partial charge in [-0.2, -0.15) is 52.7 Å². The number of halogens is 13. The highest BCUT2D eigenvalue weighted by molar-refractivity contribution is 5.67. The van der Waals surface area contributed by atoms with Crippen molar-refractivity contribution in [3.63, 3.8) is 0 Å². The van der Waals surface area contributed by atoms with Crippen LogP contribution in [0.1, 0.15) is 19.8 Å². The highest BCUT2D eigenvalue weighted by Gasteiger charge is 2.91. The van der Waals surface area contributed by atoms with Gasteiger partial charge in [0.1, 0.15) is 0 Å². The smallest absolute Gasteiger partial charge is 0.379 e. The number of amides is 1. The molecule has 0 spiro atoms. The molecule has 0 rings (SSSR count). The molecular weight excluding hydrogens is 437 g/mol. The fourth-order valence-corrected chi connectivity index (χ4v) is 1.47. The van der Waals surface area contributed by atoms with E-state index in [0.29, 0.717) is 6.42 Å². The first-order valence-electron chi connectivity index (χ1n) is 7.06. The standard InChI is InChI=1S/C12H12F13NO2/c1-2-3-4-26-6(27)28-12(24,25)11(22,23)10(20,21)9(18,19)8(16,17)7(14,15)5-13/h2-5H2,1H3,(H,26,27). The second kappa shape index (κ2) is 8.00. The molecule has 0 saturated carbocycles. The molecule has 3 nitrogen and oxygen atoms in total. The Morgan fingerprint density at radius 2 is 1.21 bits per heavy atom. The van der Waals surface area contributed by atoms with Crippen LogP contribution in [0, 0.1) is 0 Å². The molecule has 0 atom stereocenters. The van der Waals surface area contributed by atoms with Crippen LogP contribution in [-0.4, -0.2) is 55.0 Å². The van der Waals surface area contributed by atoms with Gasteiger partial charge in [-0.05, 0) is 6.42 Å². The minimum Gasteiger partial charge on any atom is -0.379 e. The molecule has 0 unspecified atom stereocenters. The summed E-state index contributed by atoms with van der Waals surface area (Å²) in [4.78, 5) is 10.9. The van der Waals surface area contributed by atoms with Crippen LogP contribution in [-0.2, 0) is 4.74 Å². The van der Waals surface area contributed by atoms with Gasteiger partial charge >= 0.3 is 41.8 Å². The molecule has 0 fully saturated rings. The molecule has 0 heterocycles. The molecule has 0 aromatic rings. The van der Waals surface area contributed by atoms with Gasteiger partial charge < -0.3 is 10.1 Å². The summed E-state index contributed by atoms with van der Waals surface area (Å²) in [6.07, 6.45) is -9.00. The van der Waals surface area contributed by atoms with Crippen molar-refractivity contribution >= 4 is 6.09 Å². The van der Waals surface area contributed by atoms with Gasteiger partial charge in [-0.1, -0.05) is 13.3 Å². The van der Waals surface area contributed by atoms with Crippen molar-refractivity contribution in [1.82, 2.24) is 5.32 Å². The van der Waals surface area contributed by atoms with E-state index in [1.54, 1.807) is 0 Å². The summed E-state index contributed by atoms with van der Waals surface area (Å²) < 4.78 is 171. The lowest BCUT2D eigenvalue weighted by atomic mass is 9.94. The third-order valence-electron chi connectivity index (χ3n) is 3.20. The van der Waals surface area contributed by atoms with Gasteiger partial charge in [-0.3, -0.25) is 0 Å². The number of alkyl carbamates (subject to hydrolysis) is 1. The second-order valence-corrected chi connectivity index (χ2v) is 5.32. The van der Waals surface area contributed by atoms with Crippen molar-refractivity contribution in [3.8, 4) is 0 Å². The van der Waals surface area contributed by atoms with E-state index in [-0.39, 0.29) is 6.42 Å². The van der Waals surface area contributed by atoms with E-state index in [2.05, 4.69) is 4.74 Å². The van der Waals surface area contributed by atoms with Gasteiger partial charge in [-0.15, -0.1) is 0 Å². The van der Waals surface area contributed by atoms with Crippen LogP contribution in [0.2, 0.25) is 0 Å². The minimum atomic E-state index is -7.92. The Kier molecular flexibility index (Phi) is 7.54. The summed E-state index contributed by atoms with van der Waals surface area (Å²) >= 11 is 0. The van der Waals surface area contributed by atoms with Gasteiger partial charge in [0.15, 0.2) is 6.67 Å². The van der Waals surface area contributed by atoms with Crippen LogP contribution in [0.3, 0.4) is 0 Å². The van der Waals surface area contributed by atoms with Crippen LogP contribution in [0.15, 0.2) is 0 Å². The topological polar surface area (TPSA) is 38.3 Å².